The number of nitro groups is 1. The summed E-state index contributed by atoms with van der Waals surface area (Å²) in [6.45, 7) is 3.45. The van der Waals surface area contributed by atoms with Gasteiger partial charge in [-0.2, -0.15) is 8.42 Å². The molecule has 0 spiro atoms. The largest absolute Gasteiger partial charge is 0.485 e. The van der Waals surface area contributed by atoms with E-state index < -0.39 is 26.3 Å². The Hall–Kier alpha value is -3.28. The molecule has 0 fully saturated rings. The van der Waals surface area contributed by atoms with E-state index in [0.29, 0.717) is 17.8 Å². The van der Waals surface area contributed by atoms with Gasteiger partial charge >= 0.3 is 5.63 Å². The second-order valence-electron chi connectivity index (χ2n) is 8.05. The second-order valence-corrected chi connectivity index (χ2v) is 9.66. The third-order valence-corrected chi connectivity index (χ3v) is 6.66. The van der Waals surface area contributed by atoms with Gasteiger partial charge in [-0.1, -0.05) is 0 Å². The zero-order chi connectivity index (χ0) is 23.8. The van der Waals surface area contributed by atoms with Gasteiger partial charge in [0.25, 0.3) is 15.8 Å². The van der Waals surface area contributed by atoms with E-state index in [4.69, 9.17) is 18.1 Å². The highest BCUT2D eigenvalue weighted by Crippen LogP contribution is 2.37. The van der Waals surface area contributed by atoms with E-state index in [1.165, 1.54) is 6.07 Å². The lowest BCUT2D eigenvalue weighted by Gasteiger charge is -2.39. The van der Waals surface area contributed by atoms with Gasteiger partial charge in [-0.05, 0) is 43.7 Å². The van der Waals surface area contributed by atoms with Gasteiger partial charge in [-0.25, -0.2) is 4.79 Å². The highest BCUT2D eigenvalue weighted by molar-refractivity contribution is 7.86. The molecule has 0 saturated heterocycles. The molecule has 10 nitrogen and oxygen atoms in total. The molecule has 0 radical (unpaired) electrons. The fraction of sp³-hybridized carbons (Fsp3) is 0.318. The number of hydrogen-bond donors (Lipinski definition) is 0. The molecule has 1 aliphatic heterocycles. The molecule has 33 heavy (non-hydrogen) atoms. The van der Waals surface area contributed by atoms with Crippen LogP contribution < -0.4 is 10.4 Å². The molecule has 11 heteroatoms. The first-order chi connectivity index (χ1) is 15.5. The van der Waals surface area contributed by atoms with E-state index in [1.807, 2.05) is 19.9 Å². The van der Waals surface area contributed by atoms with Crippen LogP contribution in [0.1, 0.15) is 19.4 Å². The van der Waals surface area contributed by atoms with E-state index in [2.05, 4.69) is 0 Å². The summed E-state index contributed by atoms with van der Waals surface area (Å²) in [5.74, 6) is 0.596. The minimum atomic E-state index is -4.08. The smallest absolute Gasteiger partial charge is 0.336 e. The number of non-ortho nitro benzene ring substituents is 1. The average molecular weight is 475 g/mol. The fourth-order valence-electron chi connectivity index (χ4n) is 3.59. The molecule has 0 bridgehead atoms. The number of ether oxygens (including phenoxy) is 2. The number of nitro benzene ring substituents is 1. The molecule has 0 amide bonds. The van der Waals surface area contributed by atoms with Gasteiger partial charge in [0.15, 0.2) is 0 Å². The lowest BCUT2D eigenvalue weighted by Crippen LogP contribution is -2.48. The predicted octanol–water partition coefficient (Wildman–Crippen LogP) is 3.21. The Bertz CT molecular complexity index is 1360. The zero-order valence-corrected chi connectivity index (χ0v) is 18.7. The summed E-state index contributed by atoms with van der Waals surface area (Å²) in [6.07, 6.45) is 0.121. The summed E-state index contributed by atoms with van der Waals surface area (Å²) in [7, 11) is -4.08. The first kappa shape index (κ1) is 22.9. The van der Waals surface area contributed by atoms with E-state index >= 15 is 0 Å². The number of rotatable bonds is 7. The molecule has 0 saturated carbocycles. The lowest BCUT2D eigenvalue weighted by molar-refractivity contribution is -0.384. The van der Waals surface area contributed by atoms with Crippen molar-refractivity contribution in [1.29, 1.82) is 0 Å². The van der Waals surface area contributed by atoms with E-state index in [9.17, 15) is 23.3 Å². The van der Waals surface area contributed by atoms with Crippen LogP contribution in [0.5, 0.6) is 5.75 Å². The highest BCUT2D eigenvalue weighted by atomic mass is 32.2. The van der Waals surface area contributed by atoms with Crippen molar-refractivity contribution in [2.24, 2.45) is 0 Å². The van der Waals surface area contributed by atoms with Crippen molar-refractivity contribution in [2.75, 3.05) is 13.2 Å². The summed E-state index contributed by atoms with van der Waals surface area (Å²) in [6, 6.07) is 11.0. The molecule has 4 rings (SSSR count). The topological polar surface area (TPSA) is 135 Å². The Morgan fingerprint density at radius 3 is 2.55 bits per heavy atom. The maximum atomic E-state index is 12.3. The predicted molar refractivity (Wildman–Crippen MR) is 117 cm³/mol. The lowest BCUT2D eigenvalue weighted by atomic mass is 9.90. The maximum absolute atomic E-state index is 12.3. The summed E-state index contributed by atoms with van der Waals surface area (Å²) < 4.78 is 46.8. The van der Waals surface area contributed by atoms with Crippen LogP contribution in [-0.2, 0) is 25.5 Å². The minimum Gasteiger partial charge on any atom is -0.485 e. The standard InChI is InChI=1S/C22H21NO9S/c1-22(2)20(12-15-11-14-3-8-21(24)31-18(14)13-19(15)32-22)29-9-10-30-33(27,28)17-6-4-16(5-7-17)23(25)26/h3-8,11,13,20H,9-10,12H2,1-2H3/t20-/m0/s1. The molecule has 0 N–H and O–H groups in total. The van der Waals surface area contributed by atoms with Crippen molar-refractivity contribution < 1.29 is 31.4 Å². The molecular formula is C22H21NO9S. The van der Waals surface area contributed by atoms with Crippen LogP contribution in [0.15, 0.2) is 62.6 Å². The normalized spacial score (nSPS) is 17.3. The Morgan fingerprint density at radius 2 is 1.85 bits per heavy atom. The van der Waals surface area contributed by atoms with Crippen LogP contribution in [0.25, 0.3) is 11.0 Å². The van der Waals surface area contributed by atoms with E-state index in [-0.39, 0.29) is 29.9 Å². The summed E-state index contributed by atoms with van der Waals surface area (Å²) in [5.41, 5.74) is -0.0803. The zero-order valence-electron chi connectivity index (χ0n) is 17.8. The van der Waals surface area contributed by atoms with Crippen molar-refractivity contribution >= 4 is 26.8 Å². The monoisotopic (exact) mass is 475 g/mol. The minimum absolute atomic E-state index is 0.0124. The fourth-order valence-corrected chi connectivity index (χ4v) is 4.48. The van der Waals surface area contributed by atoms with Gasteiger partial charge in [0, 0.05) is 36.1 Å². The number of benzene rings is 2. The van der Waals surface area contributed by atoms with Gasteiger partial charge in [-0.3, -0.25) is 14.3 Å². The molecule has 2 heterocycles. The molecule has 174 valence electrons. The summed E-state index contributed by atoms with van der Waals surface area (Å²) in [5, 5.41) is 11.5. The van der Waals surface area contributed by atoms with Gasteiger partial charge in [0.05, 0.1) is 23.0 Å². The van der Waals surface area contributed by atoms with Crippen LogP contribution in [0, 0.1) is 10.1 Å². The Balaban J connectivity index is 1.40. The van der Waals surface area contributed by atoms with Gasteiger partial charge in [0.1, 0.15) is 23.0 Å². The third kappa shape index (κ3) is 4.90. The molecular weight excluding hydrogens is 454 g/mol. The number of nitrogens with zero attached hydrogens (tertiary/aromatic N) is 1. The Kier molecular flexibility index (Phi) is 5.95. The molecule has 0 aliphatic carbocycles. The van der Waals surface area contributed by atoms with E-state index in [0.717, 1.165) is 35.2 Å². The van der Waals surface area contributed by atoms with Crippen molar-refractivity contribution in [1.82, 2.24) is 0 Å². The van der Waals surface area contributed by atoms with Crippen LogP contribution in [0.4, 0.5) is 5.69 Å². The Labute approximate surface area is 189 Å². The van der Waals surface area contributed by atoms with Crippen LogP contribution in [-0.4, -0.2) is 38.3 Å². The third-order valence-electron chi connectivity index (χ3n) is 5.33. The summed E-state index contributed by atoms with van der Waals surface area (Å²) >= 11 is 0. The van der Waals surface area contributed by atoms with Gasteiger partial charge < -0.3 is 13.9 Å². The van der Waals surface area contributed by atoms with Crippen molar-refractivity contribution in [2.45, 2.75) is 36.9 Å². The van der Waals surface area contributed by atoms with Crippen molar-refractivity contribution in [3.05, 3.63) is 74.6 Å². The van der Waals surface area contributed by atoms with Gasteiger partial charge in [-0.15, -0.1) is 0 Å². The van der Waals surface area contributed by atoms with Crippen molar-refractivity contribution in [3.63, 3.8) is 0 Å². The SMILES string of the molecule is CC1(C)Oc2cc3oc(=O)ccc3cc2C[C@@H]1OCCOS(=O)(=O)c1ccc([N+](=O)[O-])cc1. The van der Waals surface area contributed by atoms with Crippen molar-refractivity contribution in [3.8, 4) is 5.75 Å². The molecule has 3 aromatic rings. The highest BCUT2D eigenvalue weighted by Gasteiger charge is 2.38. The molecule has 1 aliphatic rings. The molecule has 1 aromatic heterocycles. The van der Waals surface area contributed by atoms with Crippen LogP contribution in [0.3, 0.4) is 0 Å². The Morgan fingerprint density at radius 1 is 1.12 bits per heavy atom. The molecule has 0 unspecified atom stereocenters. The van der Waals surface area contributed by atoms with Crippen LogP contribution >= 0.6 is 0 Å². The molecule has 2 aromatic carbocycles. The maximum Gasteiger partial charge on any atom is 0.336 e. The summed E-state index contributed by atoms with van der Waals surface area (Å²) in [4.78, 5) is 21.4. The number of fused-ring (bicyclic) bond motifs is 2. The second kappa shape index (κ2) is 8.58. The number of hydrogen-bond acceptors (Lipinski definition) is 9. The van der Waals surface area contributed by atoms with E-state index in [1.54, 1.807) is 12.1 Å². The quantitative estimate of drug-likeness (QED) is 0.166. The first-order valence-electron chi connectivity index (χ1n) is 10.1. The van der Waals surface area contributed by atoms with Gasteiger partial charge in [0.2, 0.25) is 0 Å². The van der Waals surface area contributed by atoms with Crippen LogP contribution in [0.2, 0.25) is 0 Å². The molecule has 1 atom stereocenters. The first-order valence-corrected chi connectivity index (χ1v) is 11.5. The average Bonchev–Trinajstić information content (AvgIpc) is 2.75.